The van der Waals surface area contributed by atoms with Crippen LogP contribution >= 0.6 is 35.3 Å². The van der Waals surface area contributed by atoms with Gasteiger partial charge in [-0.15, -0.1) is 35.3 Å². The molecule has 31 heavy (non-hydrogen) atoms. The predicted octanol–water partition coefficient (Wildman–Crippen LogP) is 3.65. The molecule has 0 atom stereocenters. The second-order valence-electron chi connectivity index (χ2n) is 7.44. The van der Waals surface area contributed by atoms with Crippen molar-refractivity contribution < 1.29 is 4.39 Å². The van der Waals surface area contributed by atoms with Gasteiger partial charge in [0.2, 0.25) is 0 Å². The highest BCUT2D eigenvalue weighted by Crippen LogP contribution is 2.22. The zero-order chi connectivity index (χ0) is 21.3. The van der Waals surface area contributed by atoms with Crippen LogP contribution in [0.5, 0.6) is 0 Å². The highest BCUT2D eigenvalue weighted by Gasteiger charge is 2.18. The number of hydrogen-bond donors (Lipinski definition) is 2. The fraction of sp³-hybridized carbons (Fsp3) is 0.545. The maximum atomic E-state index is 14.7. The molecule has 0 radical (unpaired) electrons. The molecule has 6 nitrogen and oxygen atoms in total. The van der Waals surface area contributed by atoms with E-state index >= 15 is 0 Å². The Morgan fingerprint density at radius 3 is 2.58 bits per heavy atom. The normalized spacial score (nSPS) is 15.0. The first-order valence-electron chi connectivity index (χ1n) is 10.8. The Kier molecular flexibility index (Phi) is 11.0. The third-order valence-electron chi connectivity index (χ3n) is 5.24. The third-order valence-corrected chi connectivity index (χ3v) is 6.21. The zero-order valence-electron chi connectivity index (χ0n) is 18.7. The number of benzene rings is 1. The summed E-state index contributed by atoms with van der Waals surface area (Å²) in [4.78, 5) is 14.8. The number of likely N-dealkylation sites (N-methyl/N-ethyl adjacent to an activating group) is 1. The minimum absolute atomic E-state index is 0. The Morgan fingerprint density at radius 1 is 1.19 bits per heavy atom. The highest BCUT2D eigenvalue weighted by atomic mass is 127. The molecule has 9 heteroatoms. The lowest BCUT2D eigenvalue weighted by Crippen LogP contribution is -2.46. The summed E-state index contributed by atoms with van der Waals surface area (Å²) in [6.45, 7) is 13.0. The van der Waals surface area contributed by atoms with Crippen molar-refractivity contribution in [1.82, 2.24) is 20.5 Å². The van der Waals surface area contributed by atoms with Crippen molar-refractivity contribution in [2.24, 2.45) is 4.99 Å². The number of aliphatic imine (C=N–C) groups is 1. The number of aryl methyl sites for hydroxylation is 1. The van der Waals surface area contributed by atoms with Gasteiger partial charge in [-0.3, -0.25) is 0 Å². The minimum atomic E-state index is -0.162. The number of nitrogens with one attached hydrogen (secondary N) is 2. The van der Waals surface area contributed by atoms with Gasteiger partial charge in [0, 0.05) is 56.8 Å². The topological polar surface area (TPSA) is 55.8 Å². The molecule has 3 rings (SSSR count). The van der Waals surface area contributed by atoms with Crippen molar-refractivity contribution in [3.63, 3.8) is 0 Å². The molecule has 0 spiro atoms. The van der Waals surface area contributed by atoms with Crippen LogP contribution in [0.1, 0.15) is 29.3 Å². The molecule has 1 saturated heterocycles. The highest BCUT2D eigenvalue weighted by molar-refractivity contribution is 14.0. The number of halogens is 2. The van der Waals surface area contributed by atoms with Crippen LogP contribution in [-0.2, 0) is 13.0 Å². The summed E-state index contributed by atoms with van der Waals surface area (Å²) in [6.07, 6.45) is 2.76. The molecular formula is C22H34FIN6S. The monoisotopic (exact) mass is 560 g/mol. The van der Waals surface area contributed by atoms with Gasteiger partial charge in [0.1, 0.15) is 5.82 Å². The summed E-state index contributed by atoms with van der Waals surface area (Å²) in [5.41, 5.74) is 1.57. The SMILES string of the molecule is CCNC(=NCc1ccc(N2CCN(CC)CC2)c(F)c1)NCCc1ncc(C)s1.I. The van der Waals surface area contributed by atoms with Gasteiger partial charge in [-0.05, 0) is 38.1 Å². The van der Waals surface area contributed by atoms with Gasteiger partial charge in [0.25, 0.3) is 0 Å². The molecule has 0 unspecified atom stereocenters. The average Bonchev–Trinajstić information content (AvgIpc) is 3.17. The maximum absolute atomic E-state index is 14.7. The van der Waals surface area contributed by atoms with E-state index in [2.05, 4.69) is 44.3 Å². The van der Waals surface area contributed by atoms with Gasteiger partial charge in [-0.25, -0.2) is 14.4 Å². The van der Waals surface area contributed by atoms with E-state index in [1.807, 2.05) is 25.3 Å². The summed E-state index contributed by atoms with van der Waals surface area (Å²) < 4.78 is 14.7. The van der Waals surface area contributed by atoms with E-state index in [1.54, 1.807) is 17.4 Å². The number of hydrogen-bond acceptors (Lipinski definition) is 5. The Hall–Kier alpha value is -1.46. The van der Waals surface area contributed by atoms with Crippen LogP contribution in [0.4, 0.5) is 10.1 Å². The van der Waals surface area contributed by atoms with Gasteiger partial charge in [0.15, 0.2) is 5.96 Å². The van der Waals surface area contributed by atoms with Crippen LogP contribution < -0.4 is 15.5 Å². The fourth-order valence-electron chi connectivity index (χ4n) is 3.53. The van der Waals surface area contributed by atoms with Gasteiger partial charge in [-0.2, -0.15) is 0 Å². The van der Waals surface area contributed by atoms with Crippen LogP contribution in [0, 0.1) is 12.7 Å². The summed E-state index contributed by atoms with van der Waals surface area (Å²) in [5, 5.41) is 7.70. The molecule has 1 fully saturated rings. The maximum Gasteiger partial charge on any atom is 0.191 e. The van der Waals surface area contributed by atoms with Gasteiger partial charge in [-0.1, -0.05) is 13.0 Å². The van der Waals surface area contributed by atoms with Crippen LogP contribution in [0.2, 0.25) is 0 Å². The van der Waals surface area contributed by atoms with Gasteiger partial charge >= 0.3 is 0 Å². The molecule has 172 valence electrons. The van der Waals surface area contributed by atoms with Crippen molar-refractivity contribution in [1.29, 1.82) is 0 Å². The van der Waals surface area contributed by atoms with Crippen LogP contribution in [-0.4, -0.2) is 61.7 Å². The lowest BCUT2D eigenvalue weighted by Gasteiger charge is -2.35. The van der Waals surface area contributed by atoms with Crippen LogP contribution in [0.15, 0.2) is 29.4 Å². The third kappa shape index (κ3) is 7.87. The van der Waals surface area contributed by atoms with Gasteiger partial charge < -0.3 is 20.4 Å². The summed E-state index contributed by atoms with van der Waals surface area (Å²) >= 11 is 1.72. The quantitative estimate of drug-likeness (QED) is 0.294. The Morgan fingerprint density at radius 2 is 1.97 bits per heavy atom. The van der Waals surface area contributed by atoms with E-state index in [1.165, 1.54) is 4.88 Å². The van der Waals surface area contributed by atoms with Crippen LogP contribution in [0.3, 0.4) is 0 Å². The first kappa shape index (κ1) is 25.8. The first-order chi connectivity index (χ1) is 14.6. The van der Waals surface area contributed by atoms with Gasteiger partial charge in [0.05, 0.1) is 17.2 Å². The Balaban J connectivity index is 0.00000341. The standard InChI is InChI=1S/C22H33FN6S.HI/c1-4-24-22(25-9-8-21-26-15-17(3)30-21)27-16-18-6-7-20(19(23)14-18)29-12-10-28(5-2)11-13-29;/h6-7,14-15H,4-5,8-13,16H2,1-3H3,(H2,24,25,27);1H. The number of anilines is 1. The molecular weight excluding hydrogens is 526 g/mol. The molecule has 0 amide bonds. The second-order valence-corrected chi connectivity index (χ2v) is 8.76. The van der Waals surface area contributed by atoms with Crippen molar-refractivity contribution in [3.8, 4) is 0 Å². The number of thiazole rings is 1. The minimum Gasteiger partial charge on any atom is -0.367 e. The van der Waals surface area contributed by atoms with E-state index in [4.69, 9.17) is 0 Å². The number of rotatable bonds is 8. The largest absolute Gasteiger partial charge is 0.367 e. The molecule has 1 aliphatic rings. The lowest BCUT2D eigenvalue weighted by atomic mass is 10.1. The predicted molar refractivity (Wildman–Crippen MR) is 140 cm³/mol. The second kappa shape index (κ2) is 13.2. The zero-order valence-corrected chi connectivity index (χ0v) is 21.8. The molecule has 2 heterocycles. The van der Waals surface area contributed by atoms with E-state index in [9.17, 15) is 4.39 Å². The number of piperazine rings is 1. The smallest absolute Gasteiger partial charge is 0.191 e. The number of guanidine groups is 1. The Bertz CT molecular complexity index is 835. The van der Waals surface area contributed by atoms with E-state index in [-0.39, 0.29) is 29.8 Å². The molecule has 2 N–H and O–H groups in total. The first-order valence-corrected chi connectivity index (χ1v) is 11.6. The molecule has 0 bridgehead atoms. The Labute approximate surface area is 206 Å². The van der Waals surface area contributed by atoms with Crippen molar-refractivity contribution in [2.75, 3.05) is 50.7 Å². The van der Waals surface area contributed by atoms with Crippen molar-refractivity contribution in [2.45, 2.75) is 33.7 Å². The number of aromatic nitrogens is 1. The van der Waals surface area contributed by atoms with Crippen LogP contribution in [0.25, 0.3) is 0 Å². The summed E-state index contributed by atoms with van der Waals surface area (Å²) in [5.74, 6) is 0.579. The summed E-state index contributed by atoms with van der Waals surface area (Å²) in [6, 6.07) is 5.50. The molecule has 1 aromatic carbocycles. The number of nitrogens with zero attached hydrogens (tertiary/aromatic N) is 4. The molecule has 1 aliphatic heterocycles. The van der Waals surface area contributed by atoms with E-state index in [0.717, 1.165) is 68.8 Å². The molecule has 0 saturated carbocycles. The molecule has 0 aliphatic carbocycles. The van der Waals surface area contributed by atoms with E-state index in [0.29, 0.717) is 12.2 Å². The summed E-state index contributed by atoms with van der Waals surface area (Å²) in [7, 11) is 0. The molecule has 2 aromatic rings. The van der Waals surface area contributed by atoms with E-state index < -0.39 is 0 Å². The fourth-order valence-corrected chi connectivity index (χ4v) is 4.31. The van der Waals surface area contributed by atoms with Crippen molar-refractivity contribution >= 4 is 47.0 Å². The van der Waals surface area contributed by atoms with Crippen molar-refractivity contribution in [3.05, 3.63) is 45.7 Å². The molecule has 1 aromatic heterocycles. The average molecular weight is 561 g/mol. The lowest BCUT2D eigenvalue weighted by molar-refractivity contribution is 0.270.